The Balaban J connectivity index is 1.51. The molecule has 0 aromatic heterocycles. The third kappa shape index (κ3) is 5.30. The van der Waals surface area contributed by atoms with Crippen molar-refractivity contribution >= 4 is 34.6 Å². The second-order valence-electron chi connectivity index (χ2n) is 7.17. The lowest BCUT2D eigenvalue weighted by molar-refractivity contribution is -0.117. The lowest BCUT2D eigenvalue weighted by atomic mass is 10.1. The molecule has 0 radical (unpaired) electrons. The number of rotatable bonds is 6. The Bertz CT molecular complexity index is 806. The van der Waals surface area contributed by atoms with Crippen LogP contribution in [-0.4, -0.2) is 23.6 Å². The highest BCUT2D eigenvalue weighted by molar-refractivity contribution is 7.80. The summed E-state index contributed by atoms with van der Waals surface area (Å²) in [4.78, 5) is 13.8. The molecular weight excluding hydrogens is 354 g/mol. The molecule has 0 unspecified atom stereocenters. The van der Waals surface area contributed by atoms with Crippen molar-refractivity contribution in [1.29, 1.82) is 0 Å². The fourth-order valence-corrected chi connectivity index (χ4v) is 3.75. The van der Waals surface area contributed by atoms with Crippen LogP contribution < -0.4 is 15.5 Å². The Hall–Kier alpha value is -2.40. The smallest absolute Gasteiger partial charge is 0.227 e. The van der Waals surface area contributed by atoms with E-state index in [1.807, 2.05) is 36.1 Å². The zero-order valence-electron chi connectivity index (χ0n) is 16.0. The van der Waals surface area contributed by atoms with Gasteiger partial charge in [-0.3, -0.25) is 4.79 Å². The number of benzene rings is 2. The first-order valence-corrected chi connectivity index (χ1v) is 9.96. The number of hydrogen-bond acceptors (Lipinski definition) is 2. The molecule has 142 valence electrons. The van der Waals surface area contributed by atoms with Crippen LogP contribution >= 0.6 is 12.2 Å². The topological polar surface area (TPSA) is 44.4 Å². The predicted molar refractivity (Wildman–Crippen MR) is 116 cm³/mol. The van der Waals surface area contributed by atoms with E-state index in [4.69, 9.17) is 12.2 Å². The first-order valence-electron chi connectivity index (χ1n) is 9.55. The molecule has 0 saturated carbocycles. The summed E-state index contributed by atoms with van der Waals surface area (Å²) in [5.41, 5.74) is 4.36. The quantitative estimate of drug-likeness (QED) is 0.727. The van der Waals surface area contributed by atoms with Gasteiger partial charge in [-0.1, -0.05) is 30.3 Å². The van der Waals surface area contributed by atoms with Gasteiger partial charge in [0.05, 0.1) is 0 Å². The number of carbonyl (C=O) groups is 1. The SMILES string of the molecule is Cc1cc(NC(=S)N[C@@H](C)CCc2ccccc2)ccc1N1CCCC1=O. The third-order valence-electron chi connectivity index (χ3n) is 4.91. The molecule has 5 heteroatoms. The van der Waals surface area contributed by atoms with E-state index in [1.54, 1.807) is 0 Å². The molecule has 0 bridgehead atoms. The summed E-state index contributed by atoms with van der Waals surface area (Å²) < 4.78 is 0. The van der Waals surface area contributed by atoms with E-state index in [1.165, 1.54) is 5.56 Å². The number of nitrogens with one attached hydrogen (secondary N) is 2. The zero-order valence-corrected chi connectivity index (χ0v) is 16.8. The van der Waals surface area contributed by atoms with E-state index in [0.717, 1.165) is 42.7 Å². The zero-order chi connectivity index (χ0) is 19.2. The highest BCUT2D eigenvalue weighted by Crippen LogP contribution is 2.27. The monoisotopic (exact) mass is 381 g/mol. The van der Waals surface area contributed by atoms with Crippen molar-refractivity contribution < 1.29 is 4.79 Å². The lowest BCUT2D eigenvalue weighted by Gasteiger charge is -2.20. The molecule has 0 spiro atoms. The van der Waals surface area contributed by atoms with E-state index < -0.39 is 0 Å². The summed E-state index contributed by atoms with van der Waals surface area (Å²) >= 11 is 5.46. The standard InChI is InChI=1S/C22H27N3OS/c1-16-15-19(12-13-20(16)25-14-6-9-21(25)26)24-22(27)23-17(2)10-11-18-7-4-3-5-8-18/h3-5,7-8,12-13,15,17H,6,9-11,14H2,1-2H3,(H2,23,24,27)/t17-/m0/s1. The van der Waals surface area contributed by atoms with Crippen molar-refractivity contribution in [3.63, 3.8) is 0 Å². The van der Waals surface area contributed by atoms with Gasteiger partial charge in [0.15, 0.2) is 5.11 Å². The van der Waals surface area contributed by atoms with Crippen LogP contribution in [0.4, 0.5) is 11.4 Å². The van der Waals surface area contributed by atoms with E-state index in [-0.39, 0.29) is 11.9 Å². The molecule has 0 aliphatic carbocycles. The molecule has 1 amide bonds. The Morgan fingerprint density at radius 1 is 1.22 bits per heavy atom. The van der Waals surface area contributed by atoms with Crippen LogP contribution in [0.3, 0.4) is 0 Å². The van der Waals surface area contributed by atoms with Gasteiger partial charge in [-0.25, -0.2) is 0 Å². The van der Waals surface area contributed by atoms with Gasteiger partial charge in [0.1, 0.15) is 0 Å². The summed E-state index contributed by atoms with van der Waals surface area (Å²) in [6, 6.07) is 16.8. The van der Waals surface area contributed by atoms with Crippen molar-refractivity contribution in [3.8, 4) is 0 Å². The predicted octanol–water partition coefficient (Wildman–Crippen LogP) is 4.43. The minimum Gasteiger partial charge on any atom is -0.360 e. The Kier molecular flexibility index (Phi) is 6.45. The van der Waals surface area contributed by atoms with Gasteiger partial charge in [0.2, 0.25) is 5.91 Å². The number of amides is 1. The summed E-state index contributed by atoms with van der Waals surface area (Å²) in [5.74, 6) is 0.211. The number of carbonyl (C=O) groups excluding carboxylic acids is 1. The lowest BCUT2D eigenvalue weighted by Crippen LogP contribution is -2.36. The van der Waals surface area contributed by atoms with Crippen LogP contribution in [0.25, 0.3) is 0 Å². The molecule has 2 N–H and O–H groups in total. The van der Waals surface area contributed by atoms with Crippen LogP contribution in [0, 0.1) is 6.92 Å². The average molecular weight is 382 g/mol. The first-order chi connectivity index (χ1) is 13.0. The van der Waals surface area contributed by atoms with Gasteiger partial charge in [0, 0.05) is 30.4 Å². The molecular formula is C22H27N3OS. The number of anilines is 2. The molecule has 1 aliphatic heterocycles. The molecule has 2 aromatic carbocycles. The fourth-order valence-electron chi connectivity index (χ4n) is 3.43. The van der Waals surface area contributed by atoms with Crippen molar-refractivity contribution in [2.45, 2.75) is 45.6 Å². The number of hydrogen-bond donors (Lipinski definition) is 2. The van der Waals surface area contributed by atoms with E-state index in [9.17, 15) is 4.79 Å². The van der Waals surface area contributed by atoms with Gasteiger partial charge >= 0.3 is 0 Å². The average Bonchev–Trinajstić information content (AvgIpc) is 3.06. The van der Waals surface area contributed by atoms with Crippen molar-refractivity contribution in [1.82, 2.24) is 5.32 Å². The van der Waals surface area contributed by atoms with Gasteiger partial charge in [-0.15, -0.1) is 0 Å². The molecule has 27 heavy (non-hydrogen) atoms. The summed E-state index contributed by atoms with van der Waals surface area (Å²) in [5, 5.41) is 7.23. The summed E-state index contributed by atoms with van der Waals surface area (Å²) in [6.07, 6.45) is 3.62. The first kappa shape index (κ1) is 19.4. The van der Waals surface area contributed by atoms with E-state index >= 15 is 0 Å². The molecule has 1 saturated heterocycles. The number of aryl methyl sites for hydroxylation is 2. The van der Waals surface area contributed by atoms with Crippen LogP contribution in [0.5, 0.6) is 0 Å². The van der Waals surface area contributed by atoms with E-state index in [0.29, 0.717) is 11.5 Å². The largest absolute Gasteiger partial charge is 0.360 e. The van der Waals surface area contributed by atoms with E-state index in [2.05, 4.69) is 41.8 Å². The summed E-state index contributed by atoms with van der Waals surface area (Å²) in [6.45, 7) is 4.99. The summed E-state index contributed by atoms with van der Waals surface area (Å²) in [7, 11) is 0. The van der Waals surface area contributed by atoms with Gasteiger partial charge in [0.25, 0.3) is 0 Å². The normalized spacial score (nSPS) is 14.9. The van der Waals surface area contributed by atoms with Crippen LogP contribution in [-0.2, 0) is 11.2 Å². The minimum absolute atomic E-state index is 0.211. The maximum Gasteiger partial charge on any atom is 0.227 e. The highest BCUT2D eigenvalue weighted by Gasteiger charge is 2.22. The highest BCUT2D eigenvalue weighted by atomic mass is 32.1. The molecule has 4 nitrogen and oxygen atoms in total. The maximum absolute atomic E-state index is 12.0. The van der Waals surface area contributed by atoms with Gasteiger partial charge in [-0.2, -0.15) is 0 Å². The minimum atomic E-state index is 0.211. The maximum atomic E-state index is 12.0. The number of nitrogens with zero attached hydrogens (tertiary/aromatic N) is 1. The van der Waals surface area contributed by atoms with Gasteiger partial charge in [-0.05, 0) is 74.7 Å². The molecule has 2 aromatic rings. The van der Waals surface area contributed by atoms with Crippen molar-refractivity contribution in [2.24, 2.45) is 0 Å². The van der Waals surface area contributed by atoms with Crippen LogP contribution in [0.15, 0.2) is 48.5 Å². The molecule has 1 aliphatic rings. The molecule has 3 rings (SSSR count). The second kappa shape index (κ2) is 9.00. The molecule has 1 fully saturated rings. The molecule has 1 heterocycles. The van der Waals surface area contributed by atoms with Gasteiger partial charge < -0.3 is 15.5 Å². The third-order valence-corrected chi connectivity index (χ3v) is 5.13. The van der Waals surface area contributed by atoms with Crippen LogP contribution in [0.1, 0.15) is 37.3 Å². The second-order valence-corrected chi connectivity index (χ2v) is 7.58. The van der Waals surface area contributed by atoms with Crippen LogP contribution in [0.2, 0.25) is 0 Å². The fraction of sp³-hybridized carbons (Fsp3) is 0.364. The number of thiocarbonyl (C=S) groups is 1. The van der Waals surface area contributed by atoms with Crippen molar-refractivity contribution in [3.05, 3.63) is 59.7 Å². The Labute approximate surface area is 167 Å². The van der Waals surface area contributed by atoms with Crippen molar-refractivity contribution in [2.75, 3.05) is 16.8 Å². The Morgan fingerprint density at radius 2 is 2.00 bits per heavy atom. The molecule has 1 atom stereocenters. The Morgan fingerprint density at radius 3 is 2.67 bits per heavy atom.